The highest BCUT2D eigenvalue weighted by Gasteiger charge is 2.30. The van der Waals surface area contributed by atoms with Gasteiger partial charge in [-0.15, -0.1) is 0 Å². The molecule has 0 saturated heterocycles. The van der Waals surface area contributed by atoms with Gasteiger partial charge in [-0.25, -0.2) is 4.98 Å². The molecule has 2 rings (SSSR count). The Hall–Kier alpha value is -1.29. The number of hydrogen-bond donors (Lipinski definition) is 1. The van der Waals surface area contributed by atoms with Gasteiger partial charge in [0, 0.05) is 6.07 Å². The van der Waals surface area contributed by atoms with Crippen molar-refractivity contribution in [3.05, 3.63) is 18.3 Å². The summed E-state index contributed by atoms with van der Waals surface area (Å²) in [6.07, 6.45) is 4.25. The quantitative estimate of drug-likeness (QED) is 0.819. The van der Waals surface area contributed by atoms with Crippen molar-refractivity contribution in [2.24, 2.45) is 5.92 Å². The number of aromatic nitrogens is 1. The van der Waals surface area contributed by atoms with Crippen molar-refractivity contribution in [2.45, 2.75) is 18.9 Å². The van der Waals surface area contributed by atoms with Crippen LogP contribution in [-0.4, -0.2) is 31.8 Å². The summed E-state index contributed by atoms with van der Waals surface area (Å²) in [5, 5.41) is 3.18. The molecular weight excluding hydrogens is 204 g/mol. The number of methoxy groups -OCH3 is 1. The maximum atomic E-state index is 5.73. The van der Waals surface area contributed by atoms with Crippen LogP contribution in [0.25, 0.3) is 0 Å². The molecule has 0 unspecified atom stereocenters. The molecule has 0 spiro atoms. The van der Waals surface area contributed by atoms with E-state index in [0.29, 0.717) is 12.0 Å². The predicted molar refractivity (Wildman–Crippen MR) is 61.9 cm³/mol. The third-order valence-corrected chi connectivity index (χ3v) is 2.92. The van der Waals surface area contributed by atoms with Crippen LogP contribution >= 0.6 is 0 Å². The minimum Gasteiger partial charge on any atom is -0.495 e. The molecule has 1 aromatic rings. The Morgan fingerprint density at radius 2 is 2.25 bits per heavy atom. The van der Waals surface area contributed by atoms with Gasteiger partial charge in [-0.05, 0) is 38.4 Å². The second kappa shape index (κ2) is 5.16. The normalized spacial score (nSPS) is 23.6. The van der Waals surface area contributed by atoms with Gasteiger partial charge in [0.1, 0.15) is 11.9 Å². The van der Waals surface area contributed by atoms with Crippen LogP contribution in [0.4, 0.5) is 0 Å². The van der Waals surface area contributed by atoms with Crippen LogP contribution in [0.5, 0.6) is 11.6 Å². The average Bonchev–Trinajstić information content (AvgIpc) is 2.27. The molecule has 1 N–H and O–H groups in total. The first-order chi connectivity index (χ1) is 7.81. The van der Waals surface area contributed by atoms with E-state index in [0.717, 1.165) is 31.1 Å². The zero-order chi connectivity index (χ0) is 11.4. The summed E-state index contributed by atoms with van der Waals surface area (Å²) in [6, 6.07) is 3.72. The van der Waals surface area contributed by atoms with E-state index in [1.54, 1.807) is 13.3 Å². The van der Waals surface area contributed by atoms with E-state index in [2.05, 4.69) is 10.3 Å². The van der Waals surface area contributed by atoms with Crippen molar-refractivity contribution in [3.8, 4) is 11.6 Å². The van der Waals surface area contributed by atoms with Crippen LogP contribution in [0.3, 0.4) is 0 Å². The van der Waals surface area contributed by atoms with E-state index in [-0.39, 0.29) is 0 Å². The monoisotopic (exact) mass is 222 g/mol. The second-order valence-electron chi connectivity index (χ2n) is 4.17. The highest BCUT2D eigenvalue weighted by atomic mass is 16.5. The molecule has 0 aromatic carbocycles. The lowest BCUT2D eigenvalue weighted by molar-refractivity contribution is 0.0616. The van der Waals surface area contributed by atoms with Gasteiger partial charge in [-0.1, -0.05) is 0 Å². The summed E-state index contributed by atoms with van der Waals surface area (Å²) in [7, 11) is 3.62. The fraction of sp³-hybridized carbons (Fsp3) is 0.583. The van der Waals surface area contributed by atoms with Gasteiger partial charge in [0.25, 0.3) is 0 Å². The summed E-state index contributed by atoms with van der Waals surface area (Å²) in [5.41, 5.74) is 0. The lowest BCUT2D eigenvalue weighted by Gasteiger charge is -2.34. The largest absolute Gasteiger partial charge is 0.495 e. The Bertz CT molecular complexity index is 320. The Morgan fingerprint density at radius 3 is 2.81 bits per heavy atom. The molecule has 4 heteroatoms. The van der Waals surface area contributed by atoms with Crippen molar-refractivity contribution in [3.63, 3.8) is 0 Å². The first-order valence-electron chi connectivity index (χ1n) is 5.63. The fourth-order valence-corrected chi connectivity index (χ4v) is 1.95. The minimum absolute atomic E-state index is 0.333. The molecule has 88 valence electrons. The number of ether oxygens (including phenoxy) is 2. The van der Waals surface area contributed by atoms with Gasteiger partial charge in [0.2, 0.25) is 5.88 Å². The highest BCUT2D eigenvalue weighted by Crippen LogP contribution is 2.30. The lowest BCUT2D eigenvalue weighted by Crippen LogP contribution is -2.38. The summed E-state index contributed by atoms with van der Waals surface area (Å²) in [5.74, 6) is 2.20. The van der Waals surface area contributed by atoms with E-state index in [9.17, 15) is 0 Å². The Morgan fingerprint density at radius 1 is 1.44 bits per heavy atom. The smallest absolute Gasteiger partial charge is 0.213 e. The van der Waals surface area contributed by atoms with E-state index in [4.69, 9.17) is 9.47 Å². The van der Waals surface area contributed by atoms with Gasteiger partial charge >= 0.3 is 0 Å². The molecule has 1 fully saturated rings. The lowest BCUT2D eigenvalue weighted by atomic mass is 9.82. The van der Waals surface area contributed by atoms with Crippen molar-refractivity contribution in [2.75, 3.05) is 20.7 Å². The van der Waals surface area contributed by atoms with Crippen molar-refractivity contribution in [1.29, 1.82) is 0 Å². The molecular formula is C12H18N2O2. The van der Waals surface area contributed by atoms with E-state index in [1.807, 2.05) is 19.2 Å². The van der Waals surface area contributed by atoms with Crippen LogP contribution in [0.15, 0.2) is 18.3 Å². The van der Waals surface area contributed by atoms with Crippen LogP contribution < -0.4 is 14.8 Å². The molecule has 1 saturated carbocycles. The van der Waals surface area contributed by atoms with Crippen LogP contribution in [0.2, 0.25) is 0 Å². The molecule has 1 aromatic heterocycles. The highest BCUT2D eigenvalue weighted by molar-refractivity contribution is 5.22. The maximum Gasteiger partial charge on any atom is 0.213 e. The van der Waals surface area contributed by atoms with Gasteiger partial charge in [0.05, 0.1) is 13.3 Å². The van der Waals surface area contributed by atoms with Gasteiger partial charge in [-0.2, -0.15) is 0 Å². The van der Waals surface area contributed by atoms with E-state index < -0.39 is 0 Å². The average molecular weight is 222 g/mol. The second-order valence-corrected chi connectivity index (χ2v) is 4.17. The number of nitrogens with one attached hydrogen (secondary N) is 1. The maximum absolute atomic E-state index is 5.73. The van der Waals surface area contributed by atoms with E-state index in [1.165, 1.54) is 0 Å². The third kappa shape index (κ3) is 2.64. The first-order valence-corrected chi connectivity index (χ1v) is 5.63. The first kappa shape index (κ1) is 11.2. The topological polar surface area (TPSA) is 43.4 Å². The van der Waals surface area contributed by atoms with Crippen LogP contribution in [-0.2, 0) is 0 Å². The number of hydrogen-bond acceptors (Lipinski definition) is 4. The zero-order valence-corrected chi connectivity index (χ0v) is 9.77. The molecule has 0 atom stereocenters. The summed E-state index contributed by atoms with van der Waals surface area (Å²) in [6.45, 7) is 1.08. The molecule has 0 amide bonds. The fourth-order valence-electron chi connectivity index (χ4n) is 1.95. The molecule has 1 aliphatic carbocycles. The molecule has 1 heterocycles. The van der Waals surface area contributed by atoms with Crippen molar-refractivity contribution >= 4 is 0 Å². The van der Waals surface area contributed by atoms with Crippen LogP contribution in [0.1, 0.15) is 12.8 Å². The van der Waals surface area contributed by atoms with Crippen molar-refractivity contribution < 1.29 is 9.47 Å². The van der Waals surface area contributed by atoms with Gasteiger partial charge in [0.15, 0.2) is 0 Å². The minimum atomic E-state index is 0.333. The molecule has 0 bridgehead atoms. The zero-order valence-electron chi connectivity index (χ0n) is 9.77. The molecule has 16 heavy (non-hydrogen) atoms. The van der Waals surface area contributed by atoms with E-state index >= 15 is 0 Å². The third-order valence-electron chi connectivity index (χ3n) is 2.92. The Labute approximate surface area is 96.0 Å². The molecule has 0 aliphatic heterocycles. The summed E-state index contributed by atoms with van der Waals surface area (Å²) in [4.78, 5) is 4.18. The number of nitrogens with zero attached hydrogens (tertiary/aromatic N) is 1. The van der Waals surface area contributed by atoms with Crippen LogP contribution in [0, 0.1) is 5.92 Å². The van der Waals surface area contributed by atoms with Crippen molar-refractivity contribution in [1.82, 2.24) is 10.3 Å². The van der Waals surface area contributed by atoms with Gasteiger partial charge < -0.3 is 14.8 Å². The number of rotatable bonds is 5. The Balaban J connectivity index is 1.78. The summed E-state index contributed by atoms with van der Waals surface area (Å²) >= 11 is 0. The Kier molecular flexibility index (Phi) is 3.62. The number of pyridine rings is 1. The molecule has 4 nitrogen and oxygen atoms in total. The molecule has 0 radical (unpaired) electrons. The standard InChI is InChI=1S/C12H18N2O2/c1-13-7-9-5-11(6-9)16-12-4-3-10(15-2)8-14-12/h3-4,8-9,11,13H,5-7H2,1-2H3. The predicted octanol–water partition coefficient (Wildman–Crippen LogP) is 1.47. The molecule has 1 aliphatic rings. The summed E-state index contributed by atoms with van der Waals surface area (Å²) < 4.78 is 10.8. The SMILES string of the molecule is CNCC1CC(Oc2ccc(OC)cn2)C1. The van der Waals surface area contributed by atoms with Gasteiger partial charge in [-0.3, -0.25) is 0 Å².